The SMILES string of the molecule is Cc1cc(C)c(-n2cc[n+](-c3c(C)cc(C)cc3C(c3ccccc3)c3ccccc3)c2)c(C(c2ccccc2)c2ccccc2)c1. The summed E-state index contributed by atoms with van der Waals surface area (Å²) in [5.74, 6) is 0.193. The van der Waals surface area contributed by atoms with Crippen molar-refractivity contribution in [2.45, 2.75) is 39.5 Å². The molecule has 0 spiro atoms. The second kappa shape index (κ2) is 13.1. The summed E-state index contributed by atoms with van der Waals surface area (Å²) in [4.78, 5) is 0. The summed E-state index contributed by atoms with van der Waals surface area (Å²) in [5, 5.41) is 0. The van der Waals surface area contributed by atoms with Gasteiger partial charge in [0.05, 0.1) is 0 Å². The van der Waals surface area contributed by atoms with Crippen LogP contribution in [0.15, 0.2) is 164 Å². The number of hydrogen-bond acceptors (Lipinski definition) is 0. The minimum atomic E-state index is 0.0964. The van der Waals surface area contributed by atoms with E-state index in [1.54, 1.807) is 0 Å². The van der Waals surface area contributed by atoms with Crippen LogP contribution < -0.4 is 4.57 Å². The number of benzene rings is 6. The Bertz CT molecular complexity index is 1880. The minimum Gasteiger partial charge on any atom is -0.201 e. The van der Waals surface area contributed by atoms with Crippen LogP contribution in [-0.4, -0.2) is 4.57 Å². The van der Waals surface area contributed by atoms with Crippen molar-refractivity contribution < 1.29 is 4.57 Å². The van der Waals surface area contributed by atoms with Crippen LogP contribution in [0.4, 0.5) is 0 Å². The molecule has 47 heavy (non-hydrogen) atoms. The fourth-order valence-electron chi connectivity index (χ4n) is 7.44. The van der Waals surface area contributed by atoms with E-state index in [0.717, 1.165) is 0 Å². The summed E-state index contributed by atoms with van der Waals surface area (Å²) in [7, 11) is 0. The maximum absolute atomic E-state index is 2.38. The second-order valence-electron chi connectivity index (χ2n) is 12.8. The van der Waals surface area contributed by atoms with Crippen LogP contribution in [0.2, 0.25) is 0 Å². The van der Waals surface area contributed by atoms with E-state index in [9.17, 15) is 0 Å². The topological polar surface area (TPSA) is 8.81 Å². The van der Waals surface area contributed by atoms with Gasteiger partial charge in [-0.25, -0.2) is 9.13 Å². The van der Waals surface area contributed by atoms with Gasteiger partial charge in [-0.15, -0.1) is 0 Å². The summed E-state index contributed by atoms with van der Waals surface area (Å²) in [6.07, 6.45) is 6.71. The zero-order chi connectivity index (χ0) is 32.3. The number of aryl methyl sites for hydroxylation is 4. The summed E-state index contributed by atoms with van der Waals surface area (Å²) >= 11 is 0. The van der Waals surface area contributed by atoms with Crippen molar-refractivity contribution in [1.82, 2.24) is 4.57 Å². The second-order valence-corrected chi connectivity index (χ2v) is 12.8. The molecule has 0 aliphatic rings. The molecular weight excluding hydrogens is 569 g/mol. The molecule has 0 N–H and O–H groups in total. The molecule has 1 aromatic heterocycles. The molecule has 0 saturated heterocycles. The van der Waals surface area contributed by atoms with Gasteiger partial charge in [0.1, 0.15) is 23.8 Å². The van der Waals surface area contributed by atoms with Gasteiger partial charge in [-0.1, -0.05) is 157 Å². The van der Waals surface area contributed by atoms with Crippen molar-refractivity contribution >= 4 is 0 Å². The zero-order valence-corrected chi connectivity index (χ0v) is 27.6. The third-order valence-electron chi connectivity index (χ3n) is 9.26. The van der Waals surface area contributed by atoms with Crippen LogP contribution in [0.1, 0.15) is 67.5 Å². The molecule has 6 aromatic carbocycles. The Balaban J connectivity index is 1.42. The van der Waals surface area contributed by atoms with E-state index in [0.29, 0.717) is 0 Å². The molecule has 0 bridgehead atoms. The van der Waals surface area contributed by atoms with Crippen molar-refractivity contribution in [3.8, 4) is 11.4 Å². The molecule has 0 radical (unpaired) electrons. The zero-order valence-electron chi connectivity index (χ0n) is 27.6. The lowest BCUT2D eigenvalue weighted by molar-refractivity contribution is -0.595. The molecule has 7 rings (SSSR count). The summed E-state index contributed by atoms with van der Waals surface area (Å²) < 4.78 is 4.65. The first-order chi connectivity index (χ1) is 23.0. The lowest BCUT2D eigenvalue weighted by Crippen LogP contribution is -2.32. The fourth-order valence-corrected chi connectivity index (χ4v) is 7.44. The van der Waals surface area contributed by atoms with Crippen LogP contribution in [0, 0.1) is 27.7 Å². The first kappa shape index (κ1) is 30.2. The van der Waals surface area contributed by atoms with Gasteiger partial charge in [0.2, 0.25) is 0 Å². The van der Waals surface area contributed by atoms with Gasteiger partial charge in [0, 0.05) is 23.0 Å². The molecule has 0 atom stereocenters. The summed E-state index contributed by atoms with van der Waals surface area (Å²) in [5.41, 5.74) is 15.2. The van der Waals surface area contributed by atoms with Crippen molar-refractivity contribution in [2.75, 3.05) is 0 Å². The molecule has 0 unspecified atom stereocenters. The van der Waals surface area contributed by atoms with E-state index in [1.165, 1.54) is 67.0 Å². The first-order valence-corrected chi connectivity index (χ1v) is 16.5. The summed E-state index contributed by atoms with van der Waals surface area (Å²) in [6.45, 7) is 8.90. The molecule has 1 heterocycles. The van der Waals surface area contributed by atoms with E-state index in [4.69, 9.17) is 0 Å². The van der Waals surface area contributed by atoms with Crippen molar-refractivity contribution in [3.05, 3.63) is 220 Å². The average Bonchev–Trinajstić information content (AvgIpc) is 3.55. The Kier molecular flexibility index (Phi) is 8.42. The Labute approximate surface area is 279 Å². The largest absolute Gasteiger partial charge is 0.254 e. The molecule has 0 fully saturated rings. The first-order valence-electron chi connectivity index (χ1n) is 16.5. The van der Waals surface area contributed by atoms with E-state index in [1.807, 2.05) is 0 Å². The van der Waals surface area contributed by atoms with Gasteiger partial charge in [-0.3, -0.25) is 0 Å². The normalized spacial score (nSPS) is 11.4. The molecule has 0 amide bonds. The number of nitrogens with zero attached hydrogens (tertiary/aromatic N) is 2. The maximum Gasteiger partial charge on any atom is 0.254 e. The van der Waals surface area contributed by atoms with Crippen LogP contribution in [0.25, 0.3) is 11.4 Å². The molecule has 7 aromatic rings. The highest BCUT2D eigenvalue weighted by Crippen LogP contribution is 2.39. The van der Waals surface area contributed by atoms with Crippen molar-refractivity contribution in [2.24, 2.45) is 0 Å². The molecule has 230 valence electrons. The Morgan fingerprint density at radius 3 is 1.34 bits per heavy atom. The van der Waals surface area contributed by atoms with E-state index >= 15 is 0 Å². The van der Waals surface area contributed by atoms with Crippen LogP contribution in [-0.2, 0) is 0 Å². The summed E-state index contributed by atoms with van der Waals surface area (Å²) in [6, 6.07) is 53.0. The predicted octanol–water partition coefficient (Wildman–Crippen LogP) is 10.3. The monoisotopic (exact) mass is 609 g/mol. The highest BCUT2D eigenvalue weighted by Gasteiger charge is 2.28. The molecule has 0 aliphatic carbocycles. The average molecular weight is 610 g/mol. The molecule has 0 saturated carbocycles. The Morgan fingerprint density at radius 1 is 0.468 bits per heavy atom. The van der Waals surface area contributed by atoms with Gasteiger partial charge in [-0.05, 0) is 61.1 Å². The van der Waals surface area contributed by atoms with Gasteiger partial charge in [-0.2, -0.15) is 0 Å². The van der Waals surface area contributed by atoms with E-state index < -0.39 is 0 Å². The van der Waals surface area contributed by atoms with Gasteiger partial charge in [0.25, 0.3) is 6.33 Å². The smallest absolute Gasteiger partial charge is 0.201 e. The molecule has 2 nitrogen and oxygen atoms in total. The number of rotatable bonds is 8. The van der Waals surface area contributed by atoms with Gasteiger partial charge >= 0.3 is 0 Å². The van der Waals surface area contributed by atoms with Crippen molar-refractivity contribution in [3.63, 3.8) is 0 Å². The third kappa shape index (κ3) is 6.07. The maximum atomic E-state index is 2.38. The standard InChI is InChI=1S/C45H41N2/c1-32-27-34(3)44(40(29-32)42(36-17-9-5-10-18-36)37-19-11-6-12-20-37)46-25-26-47(31-46)45-35(4)28-33(2)30-41(45)43(38-21-13-7-14-22-38)39-23-15-8-16-24-39/h5-31,42-43H,1-4H3/q+1. The van der Waals surface area contributed by atoms with Gasteiger partial charge in [0.15, 0.2) is 0 Å². The van der Waals surface area contributed by atoms with Crippen LogP contribution in [0.5, 0.6) is 0 Å². The Morgan fingerprint density at radius 2 is 0.872 bits per heavy atom. The molecular formula is C45H41N2+. The molecule has 0 aliphatic heterocycles. The van der Waals surface area contributed by atoms with Crippen LogP contribution in [0.3, 0.4) is 0 Å². The Hall–Kier alpha value is -5.47. The quantitative estimate of drug-likeness (QED) is 0.120. The predicted molar refractivity (Wildman–Crippen MR) is 194 cm³/mol. The van der Waals surface area contributed by atoms with E-state index in [2.05, 4.69) is 201 Å². The fraction of sp³-hybridized carbons (Fsp3) is 0.133. The highest BCUT2D eigenvalue weighted by atomic mass is 15.1. The minimum absolute atomic E-state index is 0.0964. The number of hydrogen-bond donors (Lipinski definition) is 0. The molecule has 2 heteroatoms. The van der Waals surface area contributed by atoms with Crippen molar-refractivity contribution in [1.29, 1.82) is 0 Å². The third-order valence-corrected chi connectivity index (χ3v) is 9.26. The number of aromatic nitrogens is 2. The lowest BCUT2D eigenvalue weighted by Gasteiger charge is -2.23. The van der Waals surface area contributed by atoms with Gasteiger partial charge < -0.3 is 0 Å². The lowest BCUT2D eigenvalue weighted by atomic mass is 9.82. The van der Waals surface area contributed by atoms with E-state index in [-0.39, 0.29) is 11.8 Å². The number of imidazole rings is 1. The highest BCUT2D eigenvalue weighted by molar-refractivity contribution is 5.58. The van der Waals surface area contributed by atoms with Crippen LogP contribution >= 0.6 is 0 Å².